The maximum Gasteiger partial charge on any atom is 0.274 e. The van der Waals surface area contributed by atoms with E-state index in [-0.39, 0.29) is 30.7 Å². The van der Waals surface area contributed by atoms with Gasteiger partial charge in [-0.1, -0.05) is 11.3 Å². The lowest BCUT2D eigenvalue weighted by Crippen LogP contribution is -2.30. The smallest absolute Gasteiger partial charge is 0.274 e. The van der Waals surface area contributed by atoms with Gasteiger partial charge in [0.25, 0.3) is 5.91 Å². The predicted octanol–water partition coefficient (Wildman–Crippen LogP) is 2.28. The third-order valence-corrected chi connectivity index (χ3v) is 5.49. The monoisotopic (exact) mass is 441 g/mol. The minimum absolute atomic E-state index is 0. The Morgan fingerprint density at radius 2 is 1.93 bits per heavy atom. The Balaban J connectivity index is 0.00000150. The second kappa shape index (κ2) is 10.8. The van der Waals surface area contributed by atoms with Crippen LogP contribution in [0.1, 0.15) is 53.5 Å². The van der Waals surface area contributed by atoms with E-state index in [1.807, 2.05) is 29.9 Å². The van der Waals surface area contributed by atoms with E-state index in [1.165, 1.54) is 12.8 Å². The molecule has 2 N–H and O–H groups in total. The molecule has 160 valence electrons. The minimum Gasteiger partial charge on any atom is -0.357 e. The number of amides is 1. The number of nitrogens with one attached hydrogen (secondary N) is 2. The van der Waals surface area contributed by atoms with Gasteiger partial charge in [0.1, 0.15) is 5.82 Å². The van der Waals surface area contributed by atoms with Gasteiger partial charge in [0, 0.05) is 25.8 Å². The van der Waals surface area contributed by atoms with Crippen molar-refractivity contribution in [2.75, 3.05) is 31.1 Å². The van der Waals surface area contributed by atoms with Crippen molar-refractivity contribution in [1.82, 2.24) is 30.6 Å². The van der Waals surface area contributed by atoms with Gasteiger partial charge in [-0.25, -0.2) is 9.67 Å². The molecule has 0 saturated carbocycles. The first-order valence-corrected chi connectivity index (χ1v) is 9.83. The highest BCUT2D eigenvalue weighted by Crippen LogP contribution is 2.20. The van der Waals surface area contributed by atoms with Crippen molar-refractivity contribution in [2.24, 2.45) is 0 Å². The maximum atomic E-state index is 12.5. The molecule has 2 aromatic heterocycles. The number of halogens is 2. The van der Waals surface area contributed by atoms with Crippen molar-refractivity contribution in [3.05, 3.63) is 35.3 Å². The normalized spacial score (nSPS) is 16.8. The van der Waals surface area contributed by atoms with Crippen LogP contribution in [-0.4, -0.2) is 52.1 Å². The molecule has 2 aliphatic rings. The van der Waals surface area contributed by atoms with Crippen LogP contribution in [0.25, 0.3) is 0 Å². The largest absolute Gasteiger partial charge is 0.357 e. The van der Waals surface area contributed by atoms with E-state index in [1.54, 1.807) is 0 Å². The molecule has 2 saturated heterocycles. The predicted molar refractivity (Wildman–Crippen MR) is 117 cm³/mol. The van der Waals surface area contributed by atoms with Gasteiger partial charge in [-0.05, 0) is 57.3 Å². The lowest BCUT2D eigenvalue weighted by Gasteiger charge is -2.23. The molecule has 10 heteroatoms. The quantitative estimate of drug-likeness (QED) is 0.739. The molecule has 0 aromatic carbocycles. The first kappa shape index (κ1) is 23.4. The van der Waals surface area contributed by atoms with Crippen molar-refractivity contribution in [3.8, 4) is 0 Å². The van der Waals surface area contributed by atoms with E-state index in [0.717, 1.165) is 56.1 Å². The SMILES string of the molecule is Cc1c(C(=O)NCc2ccc(N3CCCC3)nc2)nnn1C1CCNCC1.Cl.Cl. The van der Waals surface area contributed by atoms with Gasteiger partial charge in [0.2, 0.25) is 0 Å². The van der Waals surface area contributed by atoms with Gasteiger partial charge in [0.15, 0.2) is 5.69 Å². The first-order chi connectivity index (χ1) is 13.2. The molecule has 29 heavy (non-hydrogen) atoms. The summed E-state index contributed by atoms with van der Waals surface area (Å²) in [4.78, 5) is 19.4. The molecule has 0 atom stereocenters. The van der Waals surface area contributed by atoms with Crippen molar-refractivity contribution < 1.29 is 4.79 Å². The number of pyridine rings is 1. The highest BCUT2D eigenvalue weighted by Gasteiger charge is 2.22. The first-order valence-electron chi connectivity index (χ1n) is 9.83. The minimum atomic E-state index is -0.184. The summed E-state index contributed by atoms with van der Waals surface area (Å²) in [5.74, 6) is 0.833. The Bertz CT molecular complexity index is 784. The van der Waals surface area contributed by atoms with Crippen LogP contribution in [0.5, 0.6) is 0 Å². The van der Waals surface area contributed by atoms with Crippen molar-refractivity contribution in [2.45, 2.75) is 45.2 Å². The van der Waals surface area contributed by atoms with Gasteiger partial charge >= 0.3 is 0 Å². The summed E-state index contributed by atoms with van der Waals surface area (Å²) in [6.07, 6.45) is 6.33. The fourth-order valence-electron chi connectivity index (χ4n) is 3.87. The van der Waals surface area contributed by atoms with Gasteiger partial charge in [-0.2, -0.15) is 0 Å². The number of hydrogen-bond acceptors (Lipinski definition) is 6. The topological polar surface area (TPSA) is 88.0 Å². The van der Waals surface area contributed by atoms with Crippen LogP contribution >= 0.6 is 24.8 Å². The standard InChI is InChI=1S/C19H27N7O.2ClH/c1-14-18(23-24-26(14)16-6-8-20-9-7-16)19(27)22-13-15-4-5-17(21-12-15)25-10-2-3-11-25;;/h4-5,12,16,20H,2-3,6-11,13H2,1H3,(H,22,27);2*1H. The van der Waals surface area contributed by atoms with Crippen LogP contribution in [0.15, 0.2) is 18.3 Å². The fourth-order valence-corrected chi connectivity index (χ4v) is 3.87. The maximum absolute atomic E-state index is 12.5. The van der Waals surface area contributed by atoms with Gasteiger partial charge in [-0.15, -0.1) is 29.9 Å². The lowest BCUT2D eigenvalue weighted by atomic mass is 10.1. The van der Waals surface area contributed by atoms with Crippen LogP contribution in [0.4, 0.5) is 5.82 Å². The molecule has 4 heterocycles. The number of aromatic nitrogens is 4. The Morgan fingerprint density at radius 3 is 2.59 bits per heavy atom. The molecule has 2 aliphatic heterocycles. The van der Waals surface area contributed by atoms with Gasteiger partial charge in [0.05, 0.1) is 11.7 Å². The zero-order valence-corrected chi connectivity index (χ0v) is 18.3. The molecule has 0 radical (unpaired) electrons. The molecule has 8 nitrogen and oxygen atoms in total. The van der Waals surface area contributed by atoms with Gasteiger partial charge < -0.3 is 15.5 Å². The fraction of sp³-hybridized carbons (Fsp3) is 0.579. The zero-order chi connectivity index (χ0) is 18.6. The third-order valence-electron chi connectivity index (χ3n) is 5.49. The van der Waals surface area contributed by atoms with Crippen LogP contribution in [0, 0.1) is 6.92 Å². The Labute approximate surface area is 183 Å². The number of carbonyl (C=O) groups excluding carboxylic acids is 1. The number of nitrogens with zero attached hydrogens (tertiary/aromatic N) is 5. The van der Waals surface area contributed by atoms with E-state index in [9.17, 15) is 4.79 Å². The molecule has 0 spiro atoms. The molecule has 0 unspecified atom stereocenters. The Hall–Kier alpha value is -1.90. The molecule has 0 aliphatic carbocycles. The second-order valence-electron chi connectivity index (χ2n) is 7.35. The molecular weight excluding hydrogens is 413 g/mol. The number of rotatable bonds is 5. The van der Waals surface area contributed by atoms with E-state index in [0.29, 0.717) is 18.3 Å². The molecular formula is C19H29Cl2N7O. The van der Waals surface area contributed by atoms with E-state index < -0.39 is 0 Å². The second-order valence-corrected chi connectivity index (χ2v) is 7.35. The van der Waals surface area contributed by atoms with E-state index in [2.05, 4.69) is 30.8 Å². The summed E-state index contributed by atoms with van der Waals surface area (Å²) in [6, 6.07) is 4.38. The number of piperidine rings is 1. The summed E-state index contributed by atoms with van der Waals surface area (Å²) in [5.41, 5.74) is 2.23. The summed E-state index contributed by atoms with van der Waals surface area (Å²) in [6.45, 7) is 6.47. The van der Waals surface area contributed by atoms with Crippen LogP contribution in [0.3, 0.4) is 0 Å². The summed E-state index contributed by atoms with van der Waals surface area (Å²) in [5, 5.41) is 14.6. The summed E-state index contributed by atoms with van der Waals surface area (Å²) >= 11 is 0. The number of carbonyl (C=O) groups is 1. The molecule has 1 amide bonds. The number of anilines is 1. The van der Waals surface area contributed by atoms with Crippen molar-refractivity contribution >= 4 is 36.5 Å². The zero-order valence-electron chi connectivity index (χ0n) is 16.6. The highest BCUT2D eigenvalue weighted by molar-refractivity contribution is 5.93. The highest BCUT2D eigenvalue weighted by atomic mass is 35.5. The average molecular weight is 442 g/mol. The average Bonchev–Trinajstić information content (AvgIpc) is 3.37. The Kier molecular flexibility index (Phi) is 8.67. The lowest BCUT2D eigenvalue weighted by molar-refractivity contribution is 0.0945. The number of hydrogen-bond donors (Lipinski definition) is 2. The van der Waals surface area contributed by atoms with E-state index in [4.69, 9.17) is 0 Å². The summed E-state index contributed by atoms with van der Waals surface area (Å²) < 4.78 is 1.90. The molecule has 0 bridgehead atoms. The van der Waals surface area contributed by atoms with Crippen LogP contribution < -0.4 is 15.5 Å². The summed E-state index contributed by atoms with van der Waals surface area (Å²) in [7, 11) is 0. The molecule has 2 aromatic rings. The van der Waals surface area contributed by atoms with Crippen LogP contribution in [0.2, 0.25) is 0 Å². The van der Waals surface area contributed by atoms with Gasteiger partial charge in [-0.3, -0.25) is 4.79 Å². The van der Waals surface area contributed by atoms with Crippen molar-refractivity contribution in [3.63, 3.8) is 0 Å². The molecule has 4 rings (SSSR count). The van der Waals surface area contributed by atoms with Crippen LogP contribution in [-0.2, 0) is 6.54 Å². The van der Waals surface area contributed by atoms with Crippen molar-refractivity contribution in [1.29, 1.82) is 0 Å². The Morgan fingerprint density at radius 1 is 1.21 bits per heavy atom. The molecule has 2 fully saturated rings. The van der Waals surface area contributed by atoms with E-state index >= 15 is 0 Å². The third kappa shape index (κ3) is 5.38.